The Morgan fingerprint density at radius 3 is 2.39 bits per heavy atom. The van der Waals surface area contributed by atoms with Crippen LogP contribution in [0.2, 0.25) is 0 Å². The first-order valence-electron chi connectivity index (χ1n) is 8.82. The second-order valence-electron chi connectivity index (χ2n) is 6.20. The molecule has 0 heterocycles. The van der Waals surface area contributed by atoms with Crippen molar-refractivity contribution in [1.82, 2.24) is 0 Å². The maximum atomic E-state index is 6.00. The zero-order chi connectivity index (χ0) is 16.5. The fourth-order valence-corrected chi connectivity index (χ4v) is 2.92. The van der Waals surface area contributed by atoms with Crippen LogP contribution >= 0.6 is 9.24 Å². The highest BCUT2D eigenvalue weighted by Crippen LogP contribution is 2.24. The highest BCUT2D eigenvalue weighted by atomic mass is 31.0. The molecule has 2 unspecified atom stereocenters. The largest absolute Gasteiger partial charge is 0.457 e. The van der Waals surface area contributed by atoms with Gasteiger partial charge in [0.25, 0.3) is 0 Å². The Labute approximate surface area is 143 Å². The SMILES string of the molecule is CCCc1ccc(Oc2cccc(CCCC(P)CC)c2)cc1. The van der Waals surface area contributed by atoms with Gasteiger partial charge >= 0.3 is 0 Å². The van der Waals surface area contributed by atoms with E-state index >= 15 is 0 Å². The van der Waals surface area contributed by atoms with Crippen molar-refractivity contribution >= 4 is 9.24 Å². The first-order valence-corrected chi connectivity index (χ1v) is 9.49. The summed E-state index contributed by atoms with van der Waals surface area (Å²) in [7, 11) is 2.94. The van der Waals surface area contributed by atoms with Crippen LogP contribution in [0.25, 0.3) is 0 Å². The minimum absolute atomic E-state index is 0.746. The zero-order valence-electron chi connectivity index (χ0n) is 14.4. The second-order valence-corrected chi connectivity index (χ2v) is 7.15. The van der Waals surface area contributed by atoms with E-state index in [1.54, 1.807) is 0 Å². The lowest BCUT2D eigenvalue weighted by Crippen LogP contribution is -1.96. The van der Waals surface area contributed by atoms with Crippen LogP contribution < -0.4 is 4.74 Å². The van der Waals surface area contributed by atoms with E-state index in [9.17, 15) is 0 Å². The van der Waals surface area contributed by atoms with Crippen molar-refractivity contribution < 1.29 is 4.74 Å². The molecule has 0 aliphatic carbocycles. The molecule has 0 bridgehead atoms. The van der Waals surface area contributed by atoms with E-state index < -0.39 is 0 Å². The molecule has 2 aromatic rings. The summed E-state index contributed by atoms with van der Waals surface area (Å²) in [5, 5.41) is 0. The summed E-state index contributed by atoms with van der Waals surface area (Å²) in [5.41, 5.74) is 3.48. The Bertz CT molecular complexity index is 577. The number of hydrogen-bond donors (Lipinski definition) is 0. The molecule has 0 aliphatic rings. The minimum Gasteiger partial charge on any atom is -0.457 e. The average Bonchev–Trinajstić information content (AvgIpc) is 2.57. The number of aryl methyl sites for hydroxylation is 2. The quantitative estimate of drug-likeness (QED) is 0.483. The Hall–Kier alpha value is -1.33. The molecule has 0 aromatic heterocycles. The van der Waals surface area contributed by atoms with Gasteiger partial charge in [0.15, 0.2) is 0 Å². The molecule has 0 fully saturated rings. The Kier molecular flexibility index (Phi) is 7.62. The monoisotopic (exact) mass is 328 g/mol. The van der Waals surface area contributed by atoms with Crippen LogP contribution in [0.4, 0.5) is 0 Å². The maximum absolute atomic E-state index is 6.00. The predicted molar refractivity (Wildman–Crippen MR) is 104 cm³/mol. The lowest BCUT2D eigenvalue weighted by Gasteiger charge is -2.10. The fourth-order valence-electron chi connectivity index (χ4n) is 2.69. The van der Waals surface area contributed by atoms with Gasteiger partial charge in [-0.1, -0.05) is 44.5 Å². The standard InChI is InChI=1S/C21H29OP/c1-3-7-17-12-14-19(15-13-17)22-20-10-5-8-18(16-20)9-6-11-21(23)4-2/h5,8,10,12-16,21H,3-4,6-7,9,11,23H2,1-2H3. The Morgan fingerprint density at radius 1 is 0.913 bits per heavy atom. The molecule has 0 radical (unpaired) electrons. The van der Waals surface area contributed by atoms with Gasteiger partial charge in [-0.15, -0.1) is 9.24 Å². The average molecular weight is 328 g/mol. The summed E-state index contributed by atoms with van der Waals surface area (Å²) in [6, 6.07) is 16.9. The van der Waals surface area contributed by atoms with E-state index in [1.165, 1.54) is 36.8 Å². The molecule has 23 heavy (non-hydrogen) atoms. The number of benzene rings is 2. The molecule has 2 rings (SSSR count). The van der Waals surface area contributed by atoms with Crippen LogP contribution in [0.5, 0.6) is 11.5 Å². The van der Waals surface area contributed by atoms with E-state index in [-0.39, 0.29) is 0 Å². The van der Waals surface area contributed by atoms with Gasteiger partial charge in [0, 0.05) is 0 Å². The van der Waals surface area contributed by atoms with Crippen LogP contribution in [0.3, 0.4) is 0 Å². The van der Waals surface area contributed by atoms with Crippen molar-refractivity contribution in [2.75, 3.05) is 0 Å². The van der Waals surface area contributed by atoms with Crippen LogP contribution in [0.15, 0.2) is 48.5 Å². The molecule has 0 N–H and O–H groups in total. The molecule has 0 saturated heterocycles. The second kappa shape index (κ2) is 9.73. The third-order valence-electron chi connectivity index (χ3n) is 4.16. The van der Waals surface area contributed by atoms with E-state index in [4.69, 9.17) is 4.74 Å². The van der Waals surface area contributed by atoms with Gasteiger partial charge in [-0.05, 0) is 73.2 Å². The topological polar surface area (TPSA) is 9.23 Å². The van der Waals surface area contributed by atoms with Crippen molar-refractivity contribution in [3.8, 4) is 11.5 Å². The molecule has 0 saturated carbocycles. The summed E-state index contributed by atoms with van der Waals surface area (Å²) in [6.45, 7) is 4.45. The molecule has 2 atom stereocenters. The third-order valence-corrected chi connectivity index (χ3v) is 4.97. The molecule has 124 valence electrons. The summed E-state index contributed by atoms with van der Waals surface area (Å²) >= 11 is 0. The molecule has 0 spiro atoms. The lowest BCUT2D eigenvalue weighted by molar-refractivity contribution is 0.481. The van der Waals surface area contributed by atoms with Gasteiger partial charge in [-0.2, -0.15) is 0 Å². The number of hydrogen-bond acceptors (Lipinski definition) is 1. The fraction of sp³-hybridized carbons (Fsp3) is 0.429. The molecular formula is C21H29OP. The van der Waals surface area contributed by atoms with E-state index in [2.05, 4.69) is 65.6 Å². The molecular weight excluding hydrogens is 299 g/mol. The molecule has 0 amide bonds. The predicted octanol–water partition coefficient (Wildman–Crippen LogP) is 6.41. The van der Waals surface area contributed by atoms with Gasteiger partial charge in [0.05, 0.1) is 0 Å². The smallest absolute Gasteiger partial charge is 0.127 e. The number of ether oxygens (including phenoxy) is 1. The maximum Gasteiger partial charge on any atom is 0.127 e. The van der Waals surface area contributed by atoms with Crippen molar-refractivity contribution in [3.05, 3.63) is 59.7 Å². The van der Waals surface area contributed by atoms with Crippen LogP contribution in [-0.2, 0) is 12.8 Å². The third kappa shape index (κ3) is 6.36. The van der Waals surface area contributed by atoms with Gasteiger partial charge < -0.3 is 4.74 Å². The first kappa shape index (κ1) is 18.0. The van der Waals surface area contributed by atoms with Gasteiger partial charge in [0.1, 0.15) is 11.5 Å². The van der Waals surface area contributed by atoms with E-state index in [0.717, 1.165) is 30.0 Å². The van der Waals surface area contributed by atoms with Crippen LogP contribution in [0, 0.1) is 0 Å². The van der Waals surface area contributed by atoms with Crippen molar-refractivity contribution in [2.24, 2.45) is 0 Å². The zero-order valence-corrected chi connectivity index (χ0v) is 15.6. The van der Waals surface area contributed by atoms with E-state index in [1.807, 2.05) is 6.07 Å². The highest BCUT2D eigenvalue weighted by Gasteiger charge is 2.02. The highest BCUT2D eigenvalue weighted by molar-refractivity contribution is 7.17. The van der Waals surface area contributed by atoms with Gasteiger partial charge in [0.2, 0.25) is 0 Å². The first-order chi connectivity index (χ1) is 11.2. The van der Waals surface area contributed by atoms with Gasteiger partial charge in [-0.25, -0.2) is 0 Å². The Morgan fingerprint density at radius 2 is 1.70 bits per heavy atom. The van der Waals surface area contributed by atoms with Crippen LogP contribution in [0.1, 0.15) is 50.7 Å². The molecule has 2 aromatic carbocycles. The molecule has 0 aliphatic heterocycles. The lowest BCUT2D eigenvalue weighted by atomic mass is 10.1. The molecule has 2 heteroatoms. The van der Waals surface area contributed by atoms with Crippen molar-refractivity contribution in [3.63, 3.8) is 0 Å². The van der Waals surface area contributed by atoms with Crippen LogP contribution in [-0.4, -0.2) is 5.66 Å². The normalized spacial score (nSPS) is 12.1. The number of rotatable bonds is 9. The van der Waals surface area contributed by atoms with Gasteiger partial charge in [-0.3, -0.25) is 0 Å². The summed E-state index contributed by atoms with van der Waals surface area (Å²) in [6.07, 6.45) is 7.17. The minimum atomic E-state index is 0.746. The molecule has 1 nitrogen and oxygen atoms in total. The summed E-state index contributed by atoms with van der Waals surface area (Å²) in [4.78, 5) is 0. The summed E-state index contributed by atoms with van der Waals surface area (Å²) in [5.74, 6) is 1.85. The Balaban J connectivity index is 1.91. The van der Waals surface area contributed by atoms with Crippen molar-refractivity contribution in [1.29, 1.82) is 0 Å². The van der Waals surface area contributed by atoms with Crippen molar-refractivity contribution in [2.45, 2.75) is 58.0 Å². The van der Waals surface area contributed by atoms with E-state index in [0.29, 0.717) is 0 Å². The summed E-state index contributed by atoms with van der Waals surface area (Å²) < 4.78 is 6.00.